The number of carbonyl (C=O) groups is 2. The van der Waals surface area contributed by atoms with E-state index in [1.165, 1.54) is 17.5 Å². The zero-order chi connectivity index (χ0) is 17.2. The van der Waals surface area contributed by atoms with Gasteiger partial charge < -0.3 is 10.6 Å². The maximum Gasteiger partial charge on any atom is 0.251 e. The molecule has 1 aliphatic carbocycles. The summed E-state index contributed by atoms with van der Waals surface area (Å²) in [4.78, 5) is 23.9. The molecule has 25 heavy (non-hydrogen) atoms. The normalized spacial score (nSPS) is 18.2. The fourth-order valence-corrected chi connectivity index (χ4v) is 3.92. The molecule has 2 amide bonds. The van der Waals surface area contributed by atoms with Crippen LogP contribution in [0.3, 0.4) is 0 Å². The highest BCUT2D eigenvalue weighted by Gasteiger charge is 2.22. The van der Waals surface area contributed by atoms with Gasteiger partial charge in [-0.3, -0.25) is 9.59 Å². The van der Waals surface area contributed by atoms with Crippen LogP contribution in [0.5, 0.6) is 0 Å². The summed E-state index contributed by atoms with van der Waals surface area (Å²) >= 11 is 0. The lowest BCUT2D eigenvalue weighted by atomic mass is 9.98. The lowest BCUT2D eigenvalue weighted by molar-refractivity contribution is -0.116. The van der Waals surface area contributed by atoms with Gasteiger partial charge in [0.05, 0.1) is 0 Å². The molecule has 1 heterocycles. The van der Waals surface area contributed by atoms with Crippen molar-refractivity contribution in [3.63, 3.8) is 0 Å². The van der Waals surface area contributed by atoms with Crippen molar-refractivity contribution >= 4 is 17.5 Å². The molecule has 2 aromatic carbocycles. The minimum absolute atomic E-state index is 0.0185. The number of amides is 2. The number of carbonyl (C=O) groups excluding carboxylic acids is 2. The summed E-state index contributed by atoms with van der Waals surface area (Å²) in [5, 5.41) is 5.87. The minimum atomic E-state index is -0.0751. The molecule has 2 aromatic rings. The van der Waals surface area contributed by atoms with Crippen LogP contribution < -0.4 is 10.6 Å². The number of hydrogen-bond donors (Lipinski definition) is 2. The van der Waals surface area contributed by atoms with Crippen molar-refractivity contribution in [2.75, 3.05) is 11.9 Å². The molecule has 0 saturated carbocycles. The third-order valence-electron chi connectivity index (χ3n) is 5.30. The first-order valence-electron chi connectivity index (χ1n) is 8.99. The zero-order valence-electron chi connectivity index (χ0n) is 14.2. The maximum atomic E-state index is 12.4. The number of hydrogen-bond acceptors (Lipinski definition) is 2. The van der Waals surface area contributed by atoms with Gasteiger partial charge in [-0.25, -0.2) is 0 Å². The molecule has 0 aromatic heterocycles. The molecule has 1 atom stereocenters. The van der Waals surface area contributed by atoms with E-state index in [1.54, 1.807) is 6.07 Å². The average Bonchev–Trinajstić information content (AvgIpc) is 3.04. The lowest BCUT2D eigenvalue weighted by Gasteiger charge is -2.17. The van der Waals surface area contributed by atoms with Gasteiger partial charge in [0.25, 0.3) is 5.91 Å². The van der Waals surface area contributed by atoms with E-state index >= 15 is 0 Å². The summed E-state index contributed by atoms with van der Waals surface area (Å²) in [5.74, 6) is 0.484. The SMILES string of the molecule is O=C1CCc2ccc(C(=O)NCCC3CCc4ccccc43)cc2N1. The van der Waals surface area contributed by atoms with Gasteiger partial charge in [-0.1, -0.05) is 30.3 Å². The summed E-state index contributed by atoms with van der Waals surface area (Å²) in [6.45, 7) is 0.668. The van der Waals surface area contributed by atoms with E-state index in [0.29, 0.717) is 24.4 Å². The van der Waals surface area contributed by atoms with Crippen LogP contribution in [-0.4, -0.2) is 18.4 Å². The first-order chi connectivity index (χ1) is 12.2. The number of fused-ring (bicyclic) bond motifs is 2. The summed E-state index contributed by atoms with van der Waals surface area (Å²) in [7, 11) is 0. The van der Waals surface area contributed by atoms with Gasteiger partial charge in [-0.2, -0.15) is 0 Å². The Hall–Kier alpha value is -2.62. The Bertz CT molecular complexity index is 828. The summed E-state index contributed by atoms with van der Waals surface area (Å²) in [6.07, 6.45) is 4.52. The largest absolute Gasteiger partial charge is 0.352 e. The second kappa shape index (κ2) is 6.71. The van der Waals surface area contributed by atoms with Crippen molar-refractivity contribution in [1.29, 1.82) is 0 Å². The third kappa shape index (κ3) is 3.29. The number of anilines is 1. The molecule has 0 radical (unpaired) electrons. The standard InChI is InChI=1S/C21H22N2O2/c24-20-10-9-16-7-8-17(13-19(16)23-20)21(25)22-12-11-15-6-5-14-3-1-2-4-18(14)15/h1-4,7-8,13,15H,5-6,9-12H2,(H,22,25)(H,23,24). The van der Waals surface area contributed by atoms with E-state index in [0.717, 1.165) is 30.5 Å². The molecule has 1 aliphatic heterocycles. The first kappa shape index (κ1) is 15.9. The van der Waals surface area contributed by atoms with E-state index in [2.05, 4.69) is 34.9 Å². The van der Waals surface area contributed by atoms with Gasteiger partial charge in [-0.05, 0) is 60.4 Å². The molecule has 4 nitrogen and oxygen atoms in total. The molecule has 4 rings (SSSR count). The van der Waals surface area contributed by atoms with Crippen LogP contribution in [0.1, 0.15) is 52.2 Å². The molecule has 1 unspecified atom stereocenters. The van der Waals surface area contributed by atoms with Crippen molar-refractivity contribution in [1.82, 2.24) is 5.32 Å². The van der Waals surface area contributed by atoms with E-state index < -0.39 is 0 Å². The molecule has 2 N–H and O–H groups in total. The van der Waals surface area contributed by atoms with Crippen LogP contribution in [0.4, 0.5) is 5.69 Å². The van der Waals surface area contributed by atoms with E-state index in [9.17, 15) is 9.59 Å². The topological polar surface area (TPSA) is 58.2 Å². The van der Waals surface area contributed by atoms with Crippen LogP contribution in [0.2, 0.25) is 0 Å². The van der Waals surface area contributed by atoms with E-state index in [-0.39, 0.29) is 11.8 Å². The van der Waals surface area contributed by atoms with Gasteiger partial charge >= 0.3 is 0 Å². The van der Waals surface area contributed by atoms with E-state index in [1.807, 2.05) is 12.1 Å². The molecule has 128 valence electrons. The van der Waals surface area contributed by atoms with Gasteiger partial charge in [0.1, 0.15) is 0 Å². The predicted octanol–water partition coefficient (Wildman–Crippen LogP) is 3.42. The molecule has 0 saturated heterocycles. The van der Waals surface area contributed by atoms with Crippen molar-refractivity contribution in [2.45, 2.75) is 38.0 Å². The molecule has 0 spiro atoms. The minimum Gasteiger partial charge on any atom is -0.352 e. The number of benzene rings is 2. The van der Waals surface area contributed by atoms with Gasteiger partial charge in [0.15, 0.2) is 0 Å². The smallest absolute Gasteiger partial charge is 0.251 e. The Balaban J connectivity index is 1.35. The summed E-state index contributed by atoms with van der Waals surface area (Å²) < 4.78 is 0. The second-order valence-corrected chi connectivity index (χ2v) is 6.90. The highest BCUT2D eigenvalue weighted by Crippen LogP contribution is 2.34. The average molecular weight is 334 g/mol. The number of aryl methyl sites for hydroxylation is 2. The Morgan fingerprint density at radius 1 is 1.08 bits per heavy atom. The van der Waals surface area contributed by atoms with Gasteiger partial charge in [-0.15, -0.1) is 0 Å². The van der Waals surface area contributed by atoms with Crippen molar-refractivity contribution in [3.8, 4) is 0 Å². The highest BCUT2D eigenvalue weighted by atomic mass is 16.2. The quantitative estimate of drug-likeness (QED) is 0.900. The third-order valence-corrected chi connectivity index (χ3v) is 5.30. The van der Waals surface area contributed by atoms with Gasteiger partial charge in [0, 0.05) is 24.2 Å². The Kier molecular flexibility index (Phi) is 4.26. The molecular weight excluding hydrogens is 312 g/mol. The summed E-state index contributed by atoms with van der Waals surface area (Å²) in [6, 6.07) is 14.2. The molecule has 4 heteroatoms. The highest BCUT2D eigenvalue weighted by molar-refractivity contribution is 5.98. The predicted molar refractivity (Wildman–Crippen MR) is 97.8 cm³/mol. The van der Waals surface area contributed by atoms with E-state index in [4.69, 9.17) is 0 Å². The fourth-order valence-electron chi connectivity index (χ4n) is 3.92. The zero-order valence-corrected chi connectivity index (χ0v) is 14.2. The maximum absolute atomic E-state index is 12.4. The first-order valence-corrected chi connectivity index (χ1v) is 8.99. The second-order valence-electron chi connectivity index (χ2n) is 6.90. The summed E-state index contributed by atoms with van der Waals surface area (Å²) in [5.41, 5.74) is 5.36. The fraction of sp³-hybridized carbons (Fsp3) is 0.333. The Morgan fingerprint density at radius 3 is 2.88 bits per heavy atom. The lowest BCUT2D eigenvalue weighted by Crippen LogP contribution is -2.26. The molecule has 2 aliphatic rings. The van der Waals surface area contributed by atoms with Crippen LogP contribution >= 0.6 is 0 Å². The molecule has 0 bridgehead atoms. The van der Waals surface area contributed by atoms with Crippen molar-refractivity contribution < 1.29 is 9.59 Å². The molecule has 0 fully saturated rings. The Labute approximate surface area is 147 Å². The number of nitrogens with one attached hydrogen (secondary N) is 2. The monoisotopic (exact) mass is 334 g/mol. The van der Waals surface area contributed by atoms with Crippen LogP contribution in [0.15, 0.2) is 42.5 Å². The van der Waals surface area contributed by atoms with Crippen LogP contribution in [-0.2, 0) is 17.6 Å². The number of rotatable bonds is 4. The van der Waals surface area contributed by atoms with Crippen molar-refractivity contribution in [3.05, 3.63) is 64.7 Å². The van der Waals surface area contributed by atoms with Gasteiger partial charge in [0.2, 0.25) is 5.91 Å². The van der Waals surface area contributed by atoms with Crippen molar-refractivity contribution in [2.24, 2.45) is 0 Å². The molecular formula is C21H22N2O2. The van der Waals surface area contributed by atoms with Crippen LogP contribution in [0.25, 0.3) is 0 Å². The Morgan fingerprint density at radius 2 is 1.96 bits per heavy atom. The van der Waals surface area contributed by atoms with Crippen LogP contribution in [0, 0.1) is 0 Å².